The predicted octanol–water partition coefficient (Wildman–Crippen LogP) is 2.83. The number of aromatic nitrogens is 1. The van der Waals surface area contributed by atoms with Crippen molar-refractivity contribution < 1.29 is 17.9 Å². The molecular weight excluding hydrogens is 230 g/mol. The van der Waals surface area contributed by atoms with Crippen molar-refractivity contribution in [3.8, 4) is 17.1 Å². The first-order valence-electron chi connectivity index (χ1n) is 4.83. The molecule has 0 fully saturated rings. The largest absolute Gasteiger partial charge is 0.435 e. The summed E-state index contributed by atoms with van der Waals surface area (Å²) in [5.41, 5.74) is 6.53. The molecule has 0 aliphatic rings. The van der Waals surface area contributed by atoms with E-state index in [0.717, 1.165) is 0 Å². The van der Waals surface area contributed by atoms with Crippen LogP contribution >= 0.6 is 0 Å². The number of nitrogens with zero attached hydrogens (tertiary/aromatic N) is 1. The normalized spacial score (nSPS) is 10.8. The van der Waals surface area contributed by atoms with E-state index < -0.39 is 6.61 Å². The Morgan fingerprint density at radius 3 is 2.76 bits per heavy atom. The van der Waals surface area contributed by atoms with Crippen LogP contribution < -0.4 is 10.5 Å². The Labute approximate surface area is 96.0 Å². The van der Waals surface area contributed by atoms with Crippen LogP contribution in [-0.4, -0.2) is 11.6 Å². The van der Waals surface area contributed by atoms with Gasteiger partial charge in [-0.15, -0.1) is 0 Å². The Balaban J connectivity index is 2.36. The molecule has 2 rings (SSSR count). The highest BCUT2D eigenvalue weighted by Gasteiger charge is 2.11. The quantitative estimate of drug-likeness (QED) is 0.896. The number of rotatable bonds is 3. The van der Waals surface area contributed by atoms with E-state index >= 15 is 0 Å². The first kappa shape index (κ1) is 11.4. The minimum atomic E-state index is -2.86. The van der Waals surface area contributed by atoms with Gasteiger partial charge in [-0.25, -0.2) is 4.98 Å². The summed E-state index contributed by atoms with van der Waals surface area (Å²) in [6, 6.07) is 4.86. The minimum Gasteiger partial charge on any atom is -0.435 e. The lowest BCUT2D eigenvalue weighted by molar-refractivity contribution is -0.0502. The van der Waals surface area contributed by atoms with Crippen LogP contribution in [0.15, 0.2) is 28.8 Å². The molecule has 2 N–H and O–H groups in total. The Kier molecular flexibility index (Phi) is 2.95. The summed E-state index contributed by atoms with van der Waals surface area (Å²) in [5, 5.41) is 0. The zero-order chi connectivity index (χ0) is 12.4. The second kappa shape index (κ2) is 4.40. The molecule has 17 heavy (non-hydrogen) atoms. The monoisotopic (exact) mass is 240 g/mol. The van der Waals surface area contributed by atoms with Gasteiger partial charge in [0.2, 0.25) is 0 Å². The number of nitrogens with two attached hydrogens (primary N) is 1. The molecule has 0 radical (unpaired) electrons. The van der Waals surface area contributed by atoms with Crippen LogP contribution in [0, 0.1) is 6.92 Å². The predicted molar refractivity (Wildman–Crippen MR) is 57.7 cm³/mol. The Hall–Kier alpha value is -2.11. The van der Waals surface area contributed by atoms with E-state index in [9.17, 15) is 8.78 Å². The first-order valence-corrected chi connectivity index (χ1v) is 4.83. The average Bonchev–Trinajstić information content (AvgIpc) is 2.67. The van der Waals surface area contributed by atoms with E-state index in [1.807, 2.05) is 0 Å². The van der Waals surface area contributed by atoms with Crippen molar-refractivity contribution in [1.29, 1.82) is 0 Å². The second-order valence-electron chi connectivity index (χ2n) is 3.42. The number of halogens is 2. The Morgan fingerprint density at radius 2 is 2.18 bits per heavy atom. The number of oxazole rings is 1. The number of hydrogen-bond donors (Lipinski definition) is 1. The molecule has 0 aliphatic carbocycles. The van der Waals surface area contributed by atoms with Crippen molar-refractivity contribution in [3.05, 3.63) is 30.0 Å². The zero-order valence-electron chi connectivity index (χ0n) is 8.98. The number of anilines is 1. The van der Waals surface area contributed by atoms with Crippen molar-refractivity contribution >= 4 is 6.01 Å². The Bertz CT molecular complexity index is 526. The summed E-state index contributed by atoms with van der Waals surface area (Å²) >= 11 is 0. The molecule has 1 aromatic carbocycles. The van der Waals surface area contributed by atoms with Crippen molar-refractivity contribution in [1.82, 2.24) is 4.98 Å². The third-order valence-corrected chi connectivity index (χ3v) is 2.21. The van der Waals surface area contributed by atoms with Crippen LogP contribution in [0.4, 0.5) is 14.8 Å². The fourth-order valence-corrected chi connectivity index (χ4v) is 1.40. The van der Waals surface area contributed by atoms with Gasteiger partial charge in [0, 0.05) is 5.56 Å². The molecule has 2 aromatic rings. The van der Waals surface area contributed by atoms with Gasteiger partial charge >= 0.3 is 6.61 Å². The number of nitrogen functional groups attached to an aromatic ring is 1. The van der Waals surface area contributed by atoms with Crippen LogP contribution in [-0.2, 0) is 0 Å². The lowest BCUT2D eigenvalue weighted by Crippen LogP contribution is -2.03. The average molecular weight is 240 g/mol. The molecule has 0 unspecified atom stereocenters. The van der Waals surface area contributed by atoms with E-state index in [1.54, 1.807) is 19.1 Å². The summed E-state index contributed by atoms with van der Waals surface area (Å²) in [5.74, 6) is 0.508. The molecule has 0 aliphatic heterocycles. The summed E-state index contributed by atoms with van der Waals surface area (Å²) in [7, 11) is 0. The summed E-state index contributed by atoms with van der Waals surface area (Å²) < 4.78 is 33.8. The molecule has 1 aromatic heterocycles. The minimum absolute atomic E-state index is 0.0249. The first-order chi connectivity index (χ1) is 8.06. The SMILES string of the molecule is Cc1ccc(-c2cnc(N)o2)cc1OC(F)F. The molecule has 6 heteroatoms. The van der Waals surface area contributed by atoms with Crippen LogP contribution in [0.5, 0.6) is 5.75 Å². The fraction of sp³-hybridized carbons (Fsp3) is 0.182. The van der Waals surface area contributed by atoms with E-state index in [1.165, 1.54) is 12.3 Å². The lowest BCUT2D eigenvalue weighted by Gasteiger charge is -2.08. The second-order valence-corrected chi connectivity index (χ2v) is 3.42. The van der Waals surface area contributed by atoms with Crippen molar-refractivity contribution in [3.63, 3.8) is 0 Å². The van der Waals surface area contributed by atoms with Gasteiger partial charge in [-0.3, -0.25) is 0 Å². The molecular formula is C11H10F2N2O2. The number of aryl methyl sites for hydroxylation is 1. The van der Waals surface area contributed by atoms with Gasteiger partial charge in [0.15, 0.2) is 5.76 Å². The van der Waals surface area contributed by atoms with Gasteiger partial charge in [0.1, 0.15) is 5.75 Å². The van der Waals surface area contributed by atoms with Gasteiger partial charge in [-0.05, 0) is 18.6 Å². The number of alkyl halides is 2. The molecule has 0 atom stereocenters. The molecule has 0 spiro atoms. The van der Waals surface area contributed by atoms with E-state index in [0.29, 0.717) is 16.9 Å². The van der Waals surface area contributed by atoms with Crippen molar-refractivity contribution in [2.75, 3.05) is 5.73 Å². The molecule has 0 amide bonds. The van der Waals surface area contributed by atoms with E-state index in [-0.39, 0.29) is 11.8 Å². The van der Waals surface area contributed by atoms with Crippen LogP contribution in [0.3, 0.4) is 0 Å². The highest BCUT2D eigenvalue weighted by Crippen LogP contribution is 2.28. The molecule has 4 nitrogen and oxygen atoms in total. The topological polar surface area (TPSA) is 61.3 Å². The maximum Gasteiger partial charge on any atom is 0.387 e. The fourth-order valence-electron chi connectivity index (χ4n) is 1.40. The van der Waals surface area contributed by atoms with Gasteiger partial charge < -0.3 is 14.9 Å². The molecule has 0 saturated heterocycles. The Morgan fingerprint density at radius 1 is 1.41 bits per heavy atom. The van der Waals surface area contributed by atoms with Gasteiger partial charge in [0.25, 0.3) is 6.01 Å². The van der Waals surface area contributed by atoms with Crippen molar-refractivity contribution in [2.45, 2.75) is 13.5 Å². The summed E-state index contributed by atoms with van der Waals surface area (Å²) in [4.78, 5) is 3.73. The van der Waals surface area contributed by atoms with E-state index in [2.05, 4.69) is 9.72 Å². The van der Waals surface area contributed by atoms with Gasteiger partial charge in [-0.1, -0.05) is 12.1 Å². The zero-order valence-corrected chi connectivity index (χ0v) is 8.98. The third-order valence-electron chi connectivity index (χ3n) is 2.21. The standard InChI is InChI=1S/C11H10F2N2O2/c1-6-2-3-7(4-8(6)16-10(12)13)9-5-15-11(14)17-9/h2-5,10H,1H3,(H2,14,15). The molecule has 0 saturated carbocycles. The highest BCUT2D eigenvalue weighted by molar-refractivity contribution is 5.61. The van der Waals surface area contributed by atoms with Crippen LogP contribution in [0.2, 0.25) is 0 Å². The van der Waals surface area contributed by atoms with Gasteiger partial charge in [0.05, 0.1) is 6.20 Å². The molecule has 0 bridgehead atoms. The number of hydrogen-bond acceptors (Lipinski definition) is 4. The third kappa shape index (κ3) is 2.52. The van der Waals surface area contributed by atoms with E-state index in [4.69, 9.17) is 10.2 Å². The van der Waals surface area contributed by atoms with Crippen LogP contribution in [0.25, 0.3) is 11.3 Å². The maximum absolute atomic E-state index is 12.2. The molecule has 90 valence electrons. The lowest BCUT2D eigenvalue weighted by atomic mass is 10.1. The smallest absolute Gasteiger partial charge is 0.387 e. The number of benzene rings is 1. The summed E-state index contributed by atoms with van der Waals surface area (Å²) in [6.45, 7) is -1.18. The van der Waals surface area contributed by atoms with Gasteiger partial charge in [-0.2, -0.15) is 8.78 Å². The van der Waals surface area contributed by atoms with Crippen molar-refractivity contribution in [2.24, 2.45) is 0 Å². The summed E-state index contributed by atoms with van der Waals surface area (Å²) in [6.07, 6.45) is 1.42. The molecule has 1 heterocycles. The highest BCUT2D eigenvalue weighted by atomic mass is 19.3. The van der Waals surface area contributed by atoms with Crippen LogP contribution in [0.1, 0.15) is 5.56 Å². The maximum atomic E-state index is 12.2. The number of ether oxygens (including phenoxy) is 1.